The lowest BCUT2D eigenvalue weighted by Crippen LogP contribution is -1.98. The Hall–Kier alpha value is -1.31. The molecule has 0 radical (unpaired) electrons. The van der Waals surface area contributed by atoms with Crippen LogP contribution in [0.15, 0.2) is 30.3 Å². The molecule has 0 amide bonds. The molecular formula is C12H20O2. The Morgan fingerprint density at radius 1 is 1.07 bits per heavy atom. The van der Waals surface area contributed by atoms with Gasteiger partial charge in [-0.3, -0.25) is 4.79 Å². The van der Waals surface area contributed by atoms with Crippen LogP contribution in [0.5, 0.6) is 0 Å². The lowest BCUT2D eigenvalue weighted by atomic mass is 10.2. The summed E-state index contributed by atoms with van der Waals surface area (Å²) in [6.07, 6.45) is 0.112. The zero-order valence-electron chi connectivity index (χ0n) is 9.45. The average Bonchev–Trinajstić information content (AvgIpc) is 2.24. The molecule has 80 valence electrons. The molecular weight excluding hydrogens is 176 g/mol. The van der Waals surface area contributed by atoms with E-state index in [-0.39, 0.29) is 6.42 Å². The molecule has 1 aromatic rings. The first-order valence-corrected chi connectivity index (χ1v) is 5.05. The summed E-state index contributed by atoms with van der Waals surface area (Å²) in [5.41, 5.74) is 0.843. The summed E-state index contributed by atoms with van der Waals surface area (Å²) >= 11 is 0. The normalized spacial score (nSPS) is 7.43. The zero-order chi connectivity index (χ0) is 11.4. The molecule has 0 bridgehead atoms. The van der Waals surface area contributed by atoms with E-state index in [1.807, 2.05) is 45.9 Å². The van der Waals surface area contributed by atoms with Gasteiger partial charge in [-0.1, -0.05) is 58.0 Å². The maximum atomic E-state index is 10.2. The van der Waals surface area contributed by atoms with Crippen LogP contribution in [0.1, 0.15) is 33.3 Å². The van der Waals surface area contributed by atoms with Crippen molar-refractivity contribution in [1.82, 2.24) is 0 Å². The highest BCUT2D eigenvalue weighted by molar-refractivity contribution is 5.70. The molecule has 0 fully saturated rings. The Bertz CT molecular complexity index is 217. The second kappa shape index (κ2) is 11.7. The Morgan fingerprint density at radius 3 is 1.86 bits per heavy atom. The van der Waals surface area contributed by atoms with E-state index in [4.69, 9.17) is 5.11 Å². The lowest BCUT2D eigenvalue weighted by molar-refractivity contribution is -0.136. The van der Waals surface area contributed by atoms with E-state index in [2.05, 4.69) is 0 Å². The van der Waals surface area contributed by atoms with Gasteiger partial charge in [0, 0.05) is 0 Å². The maximum absolute atomic E-state index is 10.2. The number of hydrogen-bond donors (Lipinski definition) is 1. The lowest BCUT2D eigenvalue weighted by Gasteiger charge is -1.92. The van der Waals surface area contributed by atoms with E-state index in [1.165, 1.54) is 0 Å². The van der Waals surface area contributed by atoms with Gasteiger partial charge < -0.3 is 5.11 Å². The minimum atomic E-state index is -0.786. The van der Waals surface area contributed by atoms with Crippen molar-refractivity contribution in [2.45, 2.75) is 34.1 Å². The molecule has 0 saturated heterocycles. The second-order valence-corrected chi connectivity index (χ2v) is 2.06. The van der Waals surface area contributed by atoms with Crippen molar-refractivity contribution in [3.63, 3.8) is 0 Å². The maximum Gasteiger partial charge on any atom is 0.307 e. The number of rotatable bonds is 2. The molecule has 0 aliphatic carbocycles. The minimum Gasteiger partial charge on any atom is -0.481 e. The summed E-state index contributed by atoms with van der Waals surface area (Å²) in [6.45, 7) is 8.00. The van der Waals surface area contributed by atoms with E-state index in [1.54, 1.807) is 12.1 Å². The first-order chi connectivity index (χ1) is 6.79. The zero-order valence-corrected chi connectivity index (χ0v) is 9.45. The number of hydrogen-bond acceptors (Lipinski definition) is 1. The molecule has 2 heteroatoms. The van der Waals surface area contributed by atoms with E-state index >= 15 is 0 Å². The first kappa shape index (κ1) is 15.2. The molecule has 2 nitrogen and oxygen atoms in total. The van der Waals surface area contributed by atoms with E-state index in [0.717, 1.165) is 5.56 Å². The first-order valence-electron chi connectivity index (χ1n) is 5.05. The Morgan fingerprint density at radius 2 is 1.50 bits per heavy atom. The molecule has 14 heavy (non-hydrogen) atoms. The monoisotopic (exact) mass is 196 g/mol. The SMILES string of the molecule is CC.CC.O=C(O)Cc1ccccc1. The standard InChI is InChI=1S/C8H8O2.2C2H6/c9-8(10)6-7-4-2-1-3-5-7;2*1-2/h1-5H,6H2,(H,9,10);2*1-2H3. The Kier molecular flexibility index (Phi) is 12.7. The molecule has 0 spiro atoms. The summed E-state index contributed by atoms with van der Waals surface area (Å²) in [4.78, 5) is 10.2. The van der Waals surface area contributed by atoms with Crippen molar-refractivity contribution in [3.05, 3.63) is 35.9 Å². The number of aliphatic carboxylic acids is 1. The summed E-state index contributed by atoms with van der Waals surface area (Å²) in [5.74, 6) is -0.786. The summed E-state index contributed by atoms with van der Waals surface area (Å²) < 4.78 is 0. The molecule has 1 N–H and O–H groups in total. The van der Waals surface area contributed by atoms with Crippen LogP contribution in [0.25, 0.3) is 0 Å². The molecule has 1 rings (SSSR count). The number of carbonyl (C=O) groups is 1. The van der Waals surface area contributed by atoms with E-state index in [9.17, 15) is 4.79 Å². The van der Waals surface area contributed by atoms with Crippen LogP contribution in [-0.2, 0) is 11.2 Å². The number of benzene rings is 1. The van der Waals surface area contributed by atoms with Crippen LogP contribution >= 0.6 is 0 Å². The van der Waals surface area contributed by atoms with Gasteiger partial charge >= 0.3 is 5.97 Å². The molecule has 1 aromatic carbocycles. The van der Waals surface area contributed by atoms with E-state index in [0.29, 0.717) is 0 Å². The molecule has 0 saturated carbocycles. The molecule has 0 aliphatic heterocycles. The number of carboxylic acids is 1. The minimum absolute atomic E-state index is 0.112. The summed E-state index contributed by atoms with van der Waals surface area (Å²) in [6, 6.07) is 9.13. The second-order valence-electron chi connectivity index (χ2n) is 2.06. The average molecular weight is 196 g/mol. The van der Waals surface area contributed by atoms with Crippen molar-refractivity contribution in [3.8, 4) is 0 Å². The predicted molar refractivity (Wildman–Crippen MR) is 60.5 cm³/mol. The largest absolute Gasteiger partial charge is 0.481 e. The van der Waals surface area contributed by atoms with Crippen molar-refractivity contribution in [2.24, 2.45) is 0 Å². The van der Waals surface area contributed by atoms with Gasteiger partial charge in [-0.25, -0.2) is 0 Å². The predicted octanol–water partition coefficient (Wildman–Crippen LogP) is 3.37. The Labute approximate surface area is 86.6 Å². The van der Waals surface area contributed by atoms with E-state index < -0.39 is 5.97 Å². The molecule has 0 unspecified atom stereocenters. The fourth-order valence-electron chi connectivity index (χ4n) is 0.770. The van der Waals surface area contributed by atoms with Crippen molar-refractivity contribution >= 4 is 5.97 Å². The third kappa shape index (κ3) is 8.78. The van der Waals surface area contributed by atoms with Crippen molar-refractivity contribution in [2.75, 3.05) is 0 Å². The van der Waals surface area contributed by atoms with Crippen LogP contribution in [0.3, 0.4) is 0 Å². The number of carboxylic acid groups (broad SMARTS) is 1. The van der Waals surface area contributed by atoms with Gasteiger partial charge in [-0.15, -0.1) is 0 Å². The van der Waals surface area contributed by atoms with Gasteiger partial charge in [0.25, 0.3) is 0 Å². The van der Waals surface area contributed by atoms with Crippen molar-refractivity contribution < 1.29 is 9.90 Å². The quantitative estimate of drug-likeness (QED) is 0.787. The van der Waals surface area contributed by atoms with Gasteiger partial charge in [-0.05, 0) is 5.56 Å². The van der Waals surface area contributed by atoms with Crippen LogP contribution in [0.2, 0.25) is 0 Å². The highest BCUT2D eigenvalue weighted by atomic mass is 16.4. The van der Waals surface area contributed by atoms with Gasteiger partial charge in [0.2, 0.25) is 0 Å². The highest BCUT2D eigenvalue weighted by Gasteiger charge is 1.96. The summed E-state index contributed by atoms with van der Waals surface area (Å²) in [7, 11) is 0. The smallest absolute Gasteiger partial charge is 0.307 e. The third-order valence-electron chi connectivity index (χ3n) is 1.20. The molecule has 0 aliphatic rings. The fraction of sp³-hybridized carbons (Fsp3) is 0.417. The molecule has 0 atom stereocenters. The van der Waals surface area contributed by atoms with Crippen LogP contribution in [0.4, 0.5) is 0 Å². The van der Waals surface area contributed by atoms with Crippen LogP contribution in [0, 0.1) is 0 Å². The van der Waals surface area contributed by atoms with Crippen LogP contribution < -0.4 is 0 Å². The molecule has 0 aromatic heterocycles. The van der Waals surface area contributed by atoms with Gasteiger partial charge in [0.1, 0.15) is 0 Å². The highest BCUT2D eigenvalue weighted by Crippen LogP contribution is 1.98. The van der Waals surface area contributed by atoms with Crippen LogP contribution in [-0.4, -0.2) is 11.1 Å². The van der Waals surface area contributed by atoms with Gasteiger partial charge in [0.15, 0.2) is 0 Å². The van der Waals surface area contributed by atoms with Gasteiger partial charge in [-0.2, -0.15) is 0 Å². The Balaban J connectivity index is 0. The fourth-order valence-corrected chi connectivity index (χ4v) is 0.770. The third-order valence-corrected chi connectivity index (χ3v) is 1.20. The molecule has 0 heterocycles. The van der Waals surface area contributed by atoms with Crippen molar-refractivity contribution in [1.29, 1.82) is 0 Å². The summed E-state index contributed by atoms with van der Waals surface area (Å²) in [5, 5.41) is 8.37. The topological polar surface area (TPSA) is 37.3 Å². The van der Waals surface area contributed by atoms with Gasteiger partial charge in [0.05, 0.1) is 6.42 Å².